The molecule has 0 aliphatic carbocycles. The number of allylic oxidation sites excluding steroid dienone is 1. The highest BCUT2D eigenvalue weighted by Gasteiger charge is 1.92. The number of rotatable bonds is 7. The Labute approximate surface area is 102 Å². The van der Waals surface area contributed by atoms with E-state index >= 15 is 0 Å². The average molecular weight is 234 g/mol. The zero-order valence-electron chi connectivity index (χ0n) is 10.1. The summed E-state index contributed by atoms with van der Waals surface area (Å²) in [5.41, 5.74) is 1.18. The van der Waals surface area contributed by atoms with Gasteiger partial charge in [-0.3, -0.25) is 0 Å². The van der Waals surface area contributed by atoms with Crippen molar-refractivity contribution >= 4 is 5.97 Å². The molecule has 0 N–H and O–H groups in total. The van der Waals surface area contributed by atoms with Crippen LogP contribution < -0.4 is 0 Å². The molecular formula is C14H18O3. The van der Waals surface area contributed by atoms with Gasteiger partial charge >= 0.3 is 5.97 Å². The number of carbonyl (C=O) groups is 1. The van der Waals surface area contributed by atoms with Gasteiger partial charge in [0.1, 0.15) is 0 Å². The van der Waals surface area contributed by atoms with Gasteiger partial charge in [0.15, 0.2) is 0 Å². The van der Waals surface area contributed by atoms with Gasteiger partial charge in [0.25, 0.3) is 0 Å². The third-order valence-electron chi connectivity index (χ3n) is 2.23. The van der Waals surface area contributed by atoms with Gasteiger partial charge < -0.3 is 9.47 Å². The van der Waals surface area contributed by atoms with E-state index in [4.69, 9.17) is 4.74 Å². The number of hydrogen-bond acceptors (Lipinski definition) is 3. The predicted octanol–water partition coefficient (Wildman–Crippen LogP) is 2.71. The van der Waals surface area contributed by atoms with E-state index in [2.05, 4.69) is 4.74 Å². The molecule has 0 heterocycles. The Morgan fingerprint density at radius 1 is 1.29 bits per heavy atom. The lowest BCUT2D eigenvalue weighted by molar-refractivity contribution is -0.134. The van der Waals surface area contributed by atoms with Crippen molar-refractivity contribution < 1.29 is 14.3 Å². The van der Waals surface area contributed by atoms with Gasteiger partial charge in [-0.15, -0.1) is 0 Å². The highest BCUT2D eigenvalue weighted by atomic mass is 16.5. The molecule has 0 aliphatic rings. The van der Waals surface area contributed by atoms with E-state index in [0.717, 1.165) is 12.8 Å². The summed E-state index contributed by atoms with van der Waals surface area (Å²) in [6, 6.07) is 10.1. The fourth-order valence-electron chi connectivity index (χ4n) is 1.32. The van der Waals surface area contributed by atoms with Crippen LogP contribution in [0, 0.1) is 0 Å². The van der Waals surface area contributed by atoms with Crippen LogP contribution in [0.15, 0.2) is 42.5 Å². The highest BCUT2D eigenvalue weighted by molar-refractivity contribution is 5.81. The van der Waals surface area contributed by atoms with Crippen LogP contribution in [0.4, 0.5) is 0 Å². The molecule has 17 heavy (non-hydrogen) atoms. The molecule has 0 radical (unpaired) electrons. The second kappa shape index (κ2) is 8.53. The molecule has 0 atom stereocenters. The largest absolute Gasteiger partial charge is 0.466 e. The molecule has 0 unspecified atom stereocenters. The first-order chi connectivity index (χ1) is 8.33. The summed E-state index contributed by atoms with van der Waals surface area (Å²) >= 11 is 0. The minimum atomic E-state index is -0.310. The van der Waals surface area contributed by atoms with Gasteiger partial charge in [0, 0.05) is 12.7 Å². The number of unbranched alkanes of at least 4 members (excludes halogenated alkanes) is 1. The maximum absolute atomic E-state index is 10.7. The maximum Gasteiger partial charge on any atom is 0.330 e. The number of esters is 1. The lowest BCUT2D eigenvalue weighted by Gasteiger charge is -2.02. The van der Waals surface area contributed by atoms with Crippen molar-refractivity contribution in [3.63, 3.8) is 0 Å². The summed E-state index contributed by atoms with van der Waals surface area (Å²) in [5, 5.41) is 0. The Morgan fingerprint density at radius 2 is 2.06 bits per heavy atom. The molecule has 1 aromatic carbocycles. The van der Waals surface area contributed by atoms with Crippen LogP contribution in [0.1, 0.15) is 18.4 Å². The van der Waals surface area contributed by atoms with Crippen molar-refractivity contribution in [2.45, 2.75) is 19.4 Å². The van der Waals surface area contributed by atoms with E-state index < -0.39 is 0 Å². The van der Waals surface area contributed by atoms with Crippen molar-refractivity contribution in [1.29, 1.82) is 0 Å². The van der Waals surface area contributed by atoms with Gasteiger partial charge in [-0.25, -0.2) is 4.79 Å². The predicted molar refractivity (Wildman–Crippen MR) is 66.5 cm³/mol. The van der Waals surface area contributed by atoms with Gasteiger partial charge in [-0.05, 0) is 18.4 Å². The normalized spacial score (nSPS) is 10.6. The molecule has 3 nitrogen and oxygen atoms in total. The second-order valence-electron chi connectivity index (χ2n) is 3.61. The fraction of sp³-hybridized carbons (Fsp3) is 0.357. The van der Waals surface area contributed by atoms with Crippen molar-refractivity contribution in [2.75, 3.05) is 13.7 Å². The fourth-order valence-corrected chi connectivity index (χ4v) is 1.32. The third kappa shape index (κ3) is 6.53. The Hall–Kier alpha value is -1.61. The van der Waals surface area contributed by atoms with E-state index in [1.807, 2.05) is 30.3 Å². The van der Waals surface area contributed by atoms with Crippen molar-refractivity contribution in [3.8, 4) is 0 Å². The monoisotopic (exact) mass is 234 g/mol. The van der Waals surface area contributed by atoms with Crippen molar-refractivity contribution in [2.24, 2.45) is 0 Å². The molecule has 0 fully saturated rings. The van der Waals surface area contributed by atoms with Crippen LogP contribution in [0.3, 0.4) is 0 Å². The van der Waals surface area contributed by atoms with Crippen LogP contribution in [0.5, 0.6) is 0 Å². The maximum atomic E-state index is 10.7. The van der Waals surface area contributed by atoms with Crippen LogP contribution in [0.2, 0.25) is 0 Å². The molecule has 0 aliphatic heterocycles. The number of benzene rings is 1. The molecule has 0 spiro atoms. The Kier molecular flexibility index (Phi) is 6.75. The summed E-state index contributed by atoms with van der Waals surface area (Å²) in [7, 11) is 1.37. The summed E-state index contributed by atoms with van der Waals surface area (Å²) < 4.78 is 9.98. The molecule has 92 valence electrons. The molecule has 3 heteroatoms. The Bertz CT molecular complexity index is 344. The van der Waals surface area contributed by atoms with Crippen molar-refractivity contribution in [1.82, 2.24) is 0 Å². The highest BCUT2D eigenvalue weighted by Crippen LogP contribution is 2.01. The lowest BCUT2D eigenvalue weighted by Crippen LogP contribution is -1.96. The molecule has 0 aromatic heterocycles. The quantitative estimate of drug-likeness (QED) is 0.413. The first-order valence-electron chi connectivity index (χ1n) is 5.69. The molecule has 0 saturated carbocycles. The SMILES string of the molecule is COC(=O)/C=C/CCCOCc1ccccc1. The minimum Gasteiger partial charge on any atom is -0.466 e. The molecular weight excluding hydrogens is 216 g/mol. The van der Waals surface area contributed by atoms with E-state index in [0.29, 0.717) is 13.2 Å². The van der Waals surface area contributed by atoms with Gasteiger partial charge in [0.05, 0.1) is 13.7 Å². The molecule has 1 rings (SSSR count). The van der Waals surface area contributed by atoms with E-state index in [1.54, 1.807) is 6.08 Å². The van der Waals surface area contributed by atoms with Crippen LogP contribution in [-0.2, 0) is 20.9 Å². The molecule has 0 amide bonds. The van der Waals surface area contributed by atoms with Gasteiger partial charge in [-0.1, -0.05) is 36.4 Å². The molecule has 1 aromatic rings. The summed E-state index contributed by atoms with van der Waals surface area (Å²) in [4.78, 5) is 10.7. The Morgan fingerprint density at radius 3 is 2.76 bits per heavy atom. The van der Waals surface area contributed by atoms with Crippen LogP contribution in [-0.4, -0.2) is 19.7 Å². The summed E-state index contributed by atoms with van der Waals surface area (Å²) in [5.74, 6) is -0.310. The van der Waals surface area contributed by atoms with E-state index in [1.165, 1.54) is 18.7 Å². The second-order valence-corrected chi connectivity index (χ2v) is 3.61. The minimum absolute atomic E-state index is 0.310. The first kappa shape index (κ1) is 13.5. The lowest BCUT2D eigenvalue weighted by atomic mass is 10.2. The number of ether oxygens (including phenoxy) is 2. The molecule has 0 saturated heterocycles. The van der Waals surface area contributed by atoms with Gasteiger partial charge in [0.2, 0.25) is 0 Å². The third-order valence-corrected chi connectivity index (χ3v) is 2.23. The summed E-state index contributed by atoms with van der Waals surface area (Å²) in [6.45, 7) is 1.34. The standard InChI is InChI=1S/C14H18O3/c1-16-14(15)10-6-3-7-11-17-12-13-8-4-2-5-9-13/h2,4-6,8-10H,3,7,11-12H2,1H3/b10-6+. The first-order valence-corrected chi connectivity index (χ1v) is 5.69. The van der Waals surface area contributed by atoms with Crippen LogP contribution in [0.25, 0.3) is 0 Å². The number of methoxy groups -OCH3 is 1. The van der Waals surface area contributed by atoms with E-state index in [9.17, 15) is 4.79 Å². The smallest absolute Gasteiger partial charge is 0.330 e. The summed E-state index contributed by atoms with van der Waals surface area (Å²) in [6.07, 6.45) is 4.97. The van der Waals surface area contributed by atoms with Crippen molar-refractivity contribution in [3.05, 3.63) is 48.0 Å². The average Bonchev–Trinajstić information content (AvgIpc) is 2.38. The Balaban J connectivity index is 2.02. The zero-order chi connectivity index (χ0) is 12.3. The van der Waals surface area contributed by atoms with Crippen LogP contribution >= 0.6 is 0 Å². The van der Waals surface area contributed by atoms with Gasteiger partial charge in [-0.2, -0.15) is 0 Å². The number of carbonyl (C=O) groups excluding carboxylic acids is 1. The topological polar surface area (TPSA) is 35.5 Å². The number of hydrogen-bond donors (Lipinski definition) is 0. The van der Waals surface area contributed by atoms with E-state index in [-0.39, 0.29) is 5.97 Å². The zero-order valence-corrected chi connectivity index (χ0v) is 10.1. The molecule has 0 bridgehead atoms.